The molecule has 54 valence electrons. The highest BCUT2D eigenvalue weighted by molar-refractivity contribution is 8.69. The van der Waals surface area contributed by atoms with E-state index in [-0.39, 0.29) is 10.3 Å². The first-order chi connectivity index (χ1) is 4.02. The lowest BCUT2D eigenvalue weighted by atomic mass is 10.0. The van der Waals surface area contributed by atoms with Gasteiger partial charge in [0.2, 0.25) is 0 Å². The fourth-order valence-electron chi connectivity index (χ4n) is 0.828. The average molecular weight is 163 g/mol. The molecule has 1 rings (SSSR count). The van der Waals surface area contributed by atoms with Crippen LogP contribution in [0.1, 0.15) is 26.7 Å². The molecule has 0 amide bonds. The van der Waals surface area contributed by atoms with Gasteiger partial charge in [0, 0.05) is 10.3 Å². The maximum atomic E-state index is 5.97. The molecule has 1 aliphatic rings. The normalized spacial score (nSPS) is 24.0. The van der Waals surface area contributed by atoms with Crippen molar-refractivity contribution in [2.24, 2.45) is 5.73 Å². The molecule has 2 N–H and O–H groups in total. The van der Waals surface area contributed by atoms with Crippen molar-refractivity contribution >= 4 is 22.5 Å². The Kier molecular flexibility index (Phi) is 1.79. The summed E-state index contributed by atoms with van der Waals surface area (Å²) in [7, 11) is 1.57. The molecule has 1 nitrogen and oxygen atoms in total. The number of hydrogen-bond acceptors (Lipinski definition) is 3. The Morgan fingerprint density at radius 2 is 2.00 bits per heavy atom. The number of nitrogens with two attached hydrogens (primary N) is 1. The highest BCUT2D eigenvalue weighted by Gasteiger charge is 2.51. The van der Waals surface area contributed by atoms with Gasteiger partial charge < -0.3 is 5.73 Å². The van der Waals surface area contributed by atoms with Gasteiger partial charge in [0.25, 0.3) is 0 Å². The predicted molar refractivity (Wildman–Crippen MR) is 46.8 cm³/mol. The molecule has 0 aliphatic heterocycles. The first kappa shape index (κ1) is 7.76. The van der Waals surface area contributed by atoms with E-state index in [2.05, 4.69) is 25.5 Å². The minimum absolute atomic E-state index is 0.0828. The summed E-state index contributed by atoms with van der Waals surface area (Å²) in [6, 6.07) is 0. The SMILES string of the molecule is CC(C)(SS)C1(N)CC1. The molecule has 0 atom stereocenters. The third-order valence-electron chi connectivity index (χ3n) is 2.22. The topological polar surface area (TPSA) is 26.0 Å². The molecule has 0 heterocycles. The molecule has 0 saturated heterocycles. The molecule has 1 saturated carbocycles. The maximum absolute atomic E-state index is 5.97. The van der Waals surface area contributed by atoms with Crippen LogP contribution in [-0.4, -0.2) is 10.3 Å². The fraction of sp³-hybridized carbons (Fsp3) is 1.00. The molecule has 0 radical (unpaired) electrons. The highest BCUT2D eigenvalue weighted by atomic mass is 33.1. The lowest BCUT2D eigenvalue weighted by molar-refractivity contribution is 0.528. The van der Waals surface area contributed by atoms with Gasteiger partial charge in [-0.3, -0.25) is 0 Å². The first-order valence-corrected chi connectivity index (χ1v) is 5.00. The Hall–Kier alpha value is 0.660. The van der Waals surface area contributed by atoms with Crippen LogP contribution in [0, 0.1) is 0 Å². The predicted octanol–water partition coefficient (Wildman–Crippen LogP) is 1.83. The van der Waals surface area contributed by atoms with E-state index in [0.717, 1.165) is 12.8 Å². The zero-order chi connectivity index (χ0) is 7.12. The molecule has 0 aromatic heterocycles. The van der Waals surface area contributed by atoms with Crippen molar-refractivity contribution in [3.05, 3.63) is 0 Å². The Morgan fingerprint density at radius 1 is 1.56 bits per heavy atom. The van der Waals surface area contributed by atoms with E-state index in [4.69, 9.17) is 5.73 Å². The molecule has 0 bridgehead atoms. The number of rotatable bonds is 2. The van der Waals surface area contributed by atoms with E-state index in [1.54, 1.807) is 10.8 Å². The molecule has 0 aromatic rings. The van der Waals surface area contributed by atoms with Crippen molar-refractivity contribution in [3.63, 3.8) is 0 Å². The van der Waals surface area contributed by atoms with Gasteiger partial charge >= 0.3 is 0 Å². The summed E-state index contributed by atoms with van der Waals surface area (Å²) < 4.78 is 0.149. The Morgan fingerprint density at radius 3 is 2.11 bits per heavy atom. The molecule has 1 fully saturated rings. The molecule has 0 spiro atoms. The van der Waals surface area contributed by atoms with Crippen molar-refractivity contribution < 1.29 is 0 Å². The second-order valence-corrected chi connectivity index (χ2v) is 5.01. The molecule has 1 aliphatic carbocycles. The largest absolute Gasteiger partial charge is 0.324 e. The van der Waals surface area contributed by atoms with Crippen LogP contribution in [0.3, 0.4) is 0 Å². The summed E-state index contributed by atoms with van der Waals surface area (Å²) in [6.07, 6.45) is 2.32. The number of thiol groups is 1. The molecule has 0 unspecified atom stereocenters. The quantitative estimate of drug-likeness (QED) is 0.480. The van der Waals surface area contributed by atoms with Crippen LogP contribution in [0.4, 0.5) is 0 Å². The Labute approximate surface area is 65.6 Å². The first-order valence-electron chi connectivity index (χ1n) is 3.13. The summed E-state index contributed by atoms with van der Waals surface area (Å²) in [4.78, 5) is 0. The van der Waals surface area contributed by atoms with Crippen LogP contribution in [0.2, 0.25) is 0 Å². The molecular formula is C6H13NS2. The monoisotopic (exact) mass is 163 g/mol. The van der Waals surface area contributed by atoms with Crippen molar-refractivity contribution in [2.45, 2.75) is 37.0 Å². The summed E-state index contributed by atoms with van der Waals surface area (Å²) in [5.41, 5.74) is 6.05. The molecule has 0 aromatic carbocycles. The van der Waals surface area contributed by atoms with E-state index in [1.165, 1.54) is 0 Å². The molecule has 9 heavy (non-hydrogen) atoms. The maximum Gasteiger partial charge on any atom is 0.0384 e. The standard InChI is InChI=1S/C6H13NS2/c1-5(2,9-8)6(7)3-4-6/h8H,3-4,7H2,1-2H3. The van der Waals surface area contributed by atoms with E-state index >= 15 is 0 Å². The van der Waals surface area contributed by atoms with Crippen molar-refractivity contribution in [1.82, 2.24) is 0 Å². The van der Waals surface area contributed by atoms with Crippen LogP contribution in [0.15, 0.2) is 0 Å². The van der Waals surface area contributed by atoms with Crippen LogP contribution in [0.25, 0.3) is 0 Å². The van der Waals surface area contributed by atoms with Crippen molar-refractivity contribution in [1.29, 1.82) is 0 Å². The Bertz CT molecular complexity index is 118. The second-order valence-electron chi connectivity index (χ2n) is 3.26. The van der Waals surface area contributed by atoms with Gasteiger partial charge in [-0.05, 0) is 26.7 Å². The molecule has 3 heteroatoms. The third-order valence-corrected chi connectivity index (χ3v) is 4.45. The van der Waals surface area contributed by atoms with Gasteiger partial charge in [0.15, 0.2) is 0 Å². The lowest BCUT2D eigenvalue weighted by Gasteiger charge is -2.28. The third kappa shape index (κ3) is 1.23. The zero-order valence-electron chi connectivity index (χ0n) is 5.85. The van der Waals surface area contributed by atoms with E-state index < -0.39 is 0 Å². The number of hydrogen-bond donors (Lipinski definition) is 2. The van der Waals surface area contributed by atoms with E-state index in [9.17, 15) is 0 Å². The van der Waals surface area contributed by atoms with Crippen LogP contribution >= 0.6 is 22.5 Å². The van der Waals surface area contributed by atoms with Crippen LogP contribution < -0.4 is 5.73 Å². The minimum Gasteiger partial charge on any atom is -0.324 e. The van der Waals surface area contributed by atoms with Gasteiger partial charge in [-0.15, -0.1) is 11.7 Å². The second kappa shape index (κ2) is 2.07. The summed E-state index contributed by atoms with van der Waals surface area (Å²) in [5, 5.41) is 0. The van der Waals surface area contributed by atoms with E-state index in [1.807, 2.05) is 0 Å². The molecular weight excluding hydrogens is 150 g/mol. The fourth-order valence-corrected chi connectivity index (χ4v) is 1.76. The van der Waals surface area contributed by atoms with Gasteiger partial charge in [0.1, 0.15) is 0 Å². The smallest absolute Gasteiger partial charge is 0.0384 e. The van der Waals surface area contributed by atoms with Gasteiger partial charge in [-0.2, -0.15) is 0 Å². The highest BCUT2D eigenvalue weighted by Crippen LogP contribution is 2.50. The van der Waals surface area contributed by atoms with Crippen molar-refractivity contribution in [2.75, 3.05) is 0 Å². The van der Waals surface area contributed by atoms with E-state index in [0.29, 0.717) is 0 Å². The lowest BCUT2D eigenvalue weighted by Crippen LogP contribution is -2.42. The van der Waals surface area contributed by atoms with Gasteiger partial charge in [0.05, 0.1) is 0 Å². The Balaban J connectivity index is 2.58. The van der Waals surface area contributed by atoms with Crippen molar-refractivity contribution in [3.8, 4) is 0 Å². The van der Waals surface area contributed by atoms with Gasteiger partial charge in [-0.1, -0.05) is 10.8 Å². The minimum atomic E-state index is 0.0828. The average Bonchev–Trinajstić information content (AvgIpc) is 2.49. The summed E-state index contributed by atoms with van der Waals surface area (Å²) in [6.45, 7) is 4.30. The zero-order valence-corrected chi connectivity index (χ0v) is 7.56. The summed E-state index contributed by atoms with van der Waals surface area (Å²) >= 11 is 4.17. The summed E-state index contributed by atoms with van der Waals surface area (Å²) in [5.74, 6) is 0. The van der Waals surface area contributed by atoms with Crippen LogP contribution in [0.5, 0.6) is 0 Å². The van der Waals surface area contributed by atoms with Gasteiger partial charge in [-0.25, -0.2) is 0 Å². The van der Waals surface area contributed by atoms with Crippen LogP contribution in [-0.2, 0) is 0 Å².